The lowest BCUT2D eigenvalue weighted by atomic mass is 10.0. The number of rotatable bonds is 5. The fourth-order valence-corrected chi connectivity index (χ4v) is 3.79. The van der Waals surface area contributed by atoms with Crippen molar-refractivity contribution in [3.8, 4) is 0 Å². The fraction of sp³-hybridized carbons (Fsp3) is 0.389. The van der Waals surface area contributed by atoms with E-state index in [2.05, 4.69) is 27.7 Å². The van der Waals surface area contributed by atoms with E-state index in [-0.39, 0.29) is 36.8 Å². The molecule has 3 N–H and O–H groups in total. The Morgan fingerprint density at radius 1 is 1.24 bits per heavy atom. The van der Waals surface area contributed by atoms with Crippen molar-refractivity contribution in [1.29, 1.82) is 0 Å². The Kier molecular flexibility index (Phi) is 9.28. The van der Waals surface area contributed by atoms with Crippen molar-refractivity contribution in [2.24, 2.45) is 0 Å². The first-order valence-corrected chi connectivity index (χ1v) is 8.95. The van der Waals surface area contributed by atoms with Crippen LogP contribution < -0.4 is 11.1 Å². The zero-order valence-electron chi connectivity index (χ0n) is 14.0. The van der Waals surface area contributed by atoms with Crippen LogP contribution in [0.2, 0.25) is 0 Å². The first-order chi connectivity index (χ1) is 11.2. The third kappa shape index (κ3) is 6.86. The van der Waals surface area contributed by atoms with Crippen molar-refractivity contribution >= 4 is 47.7 Å². The lowest BCUT2D eigenvalue weighted by molar-refractivity contribution is -0.121. The SMILES string of the molecule is Cl.Cl.Nc1ccc(CC(=O)NC2CCCN(Cc3cccs3)C2)cc1. The predicted molar refractivity (Wildman–Crippen MR) is 110 cm³/mol. The number of anilines is 1. The van der Waals surface area contributed by atoms with Gasteiger partial charge in [0.2, 0.25) is 5.91 Å². The predicted octanol–water partition coefficient (Wildman–Crippen LogP) is 3.50. The Bertz CT molecular complexity index is 634. The van der Waals surface area contributed by atoms with Gasteiger partial charge in [0.15, 0.2) is 0 Å². The fourth-order valence-electron chi connectivity index (χ4n) is 3.04. The molecule has 1 fully saturated rings. The highest BCUT2D eigenvalue weighted by Crippen LogP contribution is 2.17. The number of nitrogens with zero attached hydrogens (tertiary/aromatic N) is 1. The van der Waals surface area contributed by atoms with Crippen molar-refractivity contribution in [2.45, 2.75) is 31.8 Å². The number of thiophene rings is 1. The highest BCUT2D eigenvalue weighted by Gasteiger charge is 2.21. The largest absolute Gasteiger partial charge is 0.399 e. The molecule has 1 aromatic carbocycles. The summed E-state index contributed by atoms with van der Waals surface area (Å²) in [4.78, 5) is 16.1. The molecule has 0 aliphatic carbocycles. The lowest BCUT2D eigenvalue weighted by Gasteiger charge is -2.32. The number of nitrogen functional groups attached to an aromatic ring is 1. The summed E-state index contributed by atoms with van der Waals surface area (Å²) in [6.07, 6.45) is 2.62. The molecule has 25 heavy (non-hydrogen) atoms. The summed E-state index contributed by atoms with van der Waals surface area (Å²) in [6.45, 7) is 3.04. The van der Waals surface area contributed by atoms with E-state index in [0.29, 0.717) is 6.42 Å². The maximum absolute atomic E-state index is 12.2. The van der Waals surface area contributed by atoms with E-state index in [0.717, 1.165) is 43.7 Å². The summed E-state index contributed by atoms with van der Waals surface area (Å²) in [7, 11) is 0. The van der Waals surface area contributed by atoms with Crippen molar-refractivity contribution in [3.63, 3.8) is 0 Å². The summed E-state index contributed by atoms with van der Waals surface area (Å²) in [5, 5.41) is 5.30. The van der Waals surface area contributed by atoms with Crippen LogP contribution in [0.25, 0.3) is 0 Å². The monoisotopic (exact) mass is 401 g/mol. The third-order valence-electron chi connectivity index (χ3n) is 4.17. The molecule has 0 spiro atoms. The number of halogens is 2. The molecule has 1 aliphatic rings. The van der Waals surface area contributed by atoms with E-state index in [1.807, 2.05) is 24.3 Å². The van der Waals surface area contributed by atoms with Crippen molar-refractivity contribution in [2.75, 3.05) is 18.8 Å². The number of likely N-dealkylation sites (tertiary alicyclic amines) is 1. The second kappa shape index (κ2) is 10.7. The van der Waals surface area contributed by atoms with E-state index < -0.39 is 0 Å². The minimum Gasteiger partial charge on any atom is -0.399 e. The summed E-state index contributed by atoms with van der Waals surface area (Å²) in [6, 6.07) is 12.0. The van der Waals surface area contributed by atoms with Crippen LogP contribution in [0.1, 0.15) is 23.3 Å². The molecule has 0 saturated carbocycles. The lowest BCUT2D eigenvalue weighted by Crippen LogP contribution is -2.47. The quantitative estimate of drug-likeness (QED) is 0.753. The van der Waals surface area contributed by atoms with Crippen LogP contribution in [0, 0.1) is 0 Å². The molecule has 1 amide bonds. The van der Waals surface area contributed by atoms with Gasteiger partial charge in [0.25, 0.3) is 0 Å². The molecule has 1 unspecified atom stereocenters. The van der Waals surface area contributed by atoms with Crippen LogP contribution in [0.5, 0.6) is 0 Å². The summed E-state index contributed by atoms with van der Waals surface area (Å²) in [5.74, 6) is 0.0951. The molecule has 2 aromatic rings. The highest BCUT2D eigenvalue weighted by molar-refractivity contribution is 7.09. The van der Waals surface area contributed by atoms with Gasteiger partial charge in [0.05, 0.1) is 6.42 Å². The molecule has 0 bridgehead atoms. The molecule has 1 atom stereocenters. The maximum atomic E-state index is 12.2. The molecule has 2 heterocycles. The molecule has 1 saturated heterocycles. The average Bonchev–Trinajstić information content (AvgIpc) is 3.03. The van der Waals surface area contributed by atoms with E-state index in [4.69, 9.17) is 5.73 Å². The zero-order valence-corrected chi connectivity index (χ0v) is 16.5. The molecule has 1 aliphatic heterocycles. The smallest absolute Gasteiger partial charge is 0.224 e. The minimum atomic E-state index is 0. The first kappa shape index (κ1) is 21.8. The van der Waals surface area contributed by atoms with Gasteiger partial charge >= 0.3 is 0 Å². The van der Waals surface area contributed by atoms with Gasteiger partial charge in [-0.3, -0.25) is 9.69 Å². The van der Waals surface area contributed by atoms with Gasteiger partial charge in [-0.1, -0.05) is 18.2 Å². The van der Waals surface area contributed by atoms with Gasteiger partial charge < -0.3 is 11.1 Å². The second-order valence-corrected chi connectivity index (χ2v) is 7.17. The molecule has 0 radical (unpaired) electrons. The first-order valence-electron chi connectivity index (χ1n) is 8.07. The highest BCUT2D eigenvalue weighted by atomic mass is 35.5. The Morgan fingerprint density at radius 3 is 2.68 bits per heavy atom. The molecule has 7 heteroatoms. The summed E-state index contributed by atoms with van der Waals surface area (Å²) in [5.41, 5.74) is 7.40. The van der Waals surface area contributed by atoms with Gasteiger partial charge in [-0.15, -0.1) is 36.2 Å². The number of carbonyl (C=O) groups is 1. The Labute approximate surface area is 165 Å². The minimum absolute atomic E-state index is 0. The van der Waals surface area contributed by atoms with Crippen LogP contribution in [0.4, 0.5) is 5.69 Å². The van der Waals surface area contributed by atoms with E-state index >= 15 is 0 Å². The number of hydrogen-bond donors (Lipinski definition) is 2. The van der Waals surface area contributed by atoms with Crippen LogP contribution in [0.3, 0.4) is 0 Å². The molecule has 3 rings (SSSR count). The number of carbonyl (C=O) groups excluding carboxylic acids is 1. The van der Waals surface area contributed by atoms with Gasteiger partial charge in [-0.05, 0) is 48.5 Å². The van der Waals surface area contributed by atoms with E-state index in [1.165, 1.54) is 4.88 Å². The maximum Gasteiger partial charge on any atom is 0.224 e. The third-order valence-corrected chi connectivity index (χ3v) is 5.04. The number of nitrogens with two attached hydrogens (primary N) is 1. The van der Waals surface area contributed by atoms with Gasteiger partial charge in [-0.25, -0.2) is 0 Å². The van der Waals surface area contributed by atoms with Crippen molar-refractivity contribution < 1.29 is 4.79 Å². The number of nitrogens with one attached hydrogen (secondary N) is 1. The zero-order chi connectivity index (χ0) is 16.1. The molecular weight excluding hydrogens is 377 g/mol. The topological polar surface area (TPSA) is 58.4 Å². The molecule has 138 valence electrons. The number of piperidine rings is 1. The summed E-state index contributed by atoms with van der Waals surface area (Å²) >= 11 is 1.80. The van der Waals surface area contributed by atoms with Gasteiger partial charge in [0, 0.05) is 29.7 Å². The normalized spacial score (nSPS) is 17.2. The molecule has 1 aromatic heterocycles. The molecular formula is C18H25Cl2N3OS. The van der Waals surface area contributed by atoms with Crippen LogP contribution in [0.15, 0.2) is 41.8 Å². The molecule has 4 nitrogen and oxygen atoms in total. The van der Waals surface area contributed by atoms with Gasteiger partial charge in [0.1, 0.15) is 0 Å². The van der Waals surface area contributed by atoms with Crippen LogP contribution in [-0.2, 0) is 17.8 Å². The Morgan fingerprint density at radius 2 is 2.00 bits per heavy atom. The van der Waals surface area contributed by atoms with Crippen LogP contribution in [-0.4, -0.2) is 29.9 Å². The Hall–Kier alpha value is -1.27. The summed E-state index contributed by atoms with van der Waals surface area (Å²) < 4.78 is 0. The average molecular weight is 402 g/mol. The van der Waals surface area contributed by atoms with Crippen molar-refractivity contribution in [1.82, 2.24) is 10.2 Å². The number of hydrogen-bond acceptors (Lipinski definition) is 4. The standard InChI is InChI=1S/C18H23N3OS.2ClH/c19-15-7-5-14(6-8-15)11-18(22)20-16-3-1-9-21(12-16)13-17-4-2-10-23-17;;/h2,4-8,10,16H,1,3,9,11-13,19H2,(H,20,22);2*1H. The van der Waals surface area contributed by atoms with Crippen molar-refractivity contribution in [3.05, 3.63) is 52.2 Å². The van der Waals surface area contributed by atoms with Gasteiger partial charge in [-0.2, -0.15) is 0 Å². The second-order valence-electron chi connectivity index (χ2n) is 6.14. The van der Waals surface area contributed by atoms with E-state index in [1.54, 1.807) is 11.3 Å². The Balaban J connectivity index is 0.00000156. The number of amides is 1. The van der Waals surface area contributed by atoms with Crippen LogP contribution >= 0.6 is 36.2 Å². The number of benzene rings is 1. The van der Waals surface area contributed by atoms with E-state index in [9.17, 15) is 4.79 Å².